The minimum atomic E-state index is -5.98. The van der Waals surface area contributed by atoms with Gasteiger partial charge in [0.1, 0.15) is 5.75 Å². The number of aryl methyl sites for hydroxylation is 2. The summed E-state index contributed by atoms with van der Waals surface area (Å²) in [5.41, 5.74) is 0.0657. The summed E-state index contributed by atoms with van der Waals surface area (Å²) in [5.74, 6) is -18.6. The van der Waals surface area contributed by atoms with E-state index in [9.17, 15) is 44.3 Å². The molecule has 0 fully saturated rings. The summed E-state index contributed by atoms with van der Waals surface area (Å²) in [7, 11) is 0. The number of unbranched alkanes of at least 4 members (excludes halogenated alkanes) is 2. The molecule has 13 heteroatoms. The third-order valence-electron chi connectivity index (χ3n) is 7.44. The second-order valence-corrected chi connectivity index (χ2v) is 11.5. The van der Waals surface area contributed by atoms with Gasteiger partial charge in [0, 0.05) is 35.3 Å². The minimum Gasteiger partial charge on any atom is -0.487 e. The quantitative estimate of drug-likeness (QED) is 0.0662. The number of carbonyl (C=O) groups is 1. The molecule has 0 aliphatic rings. The fraction of sp³-hybridized carbons (Fsp3) is 0.485. The monoisotopic (exact) mass is 665 g/mol. The minimum absolute atomic E-state index is 0.0975. The van der Waals surface area contributed by atoms with E-state index in [1.807, 2.05) is 20.8 Å². The number of hydrogen-bond donors (Lipinski definition) is 0. The Labute approximate surface area is 261 Å². The SMILES string of the molecule is C=CC(=O)OCC(F)(F)C(F)(F)C(F)(F)COc1ccc2cc(-c3ccc(CCCCC)cc3C(F)(F)F)n(CCC(C)C)c2c1. The number of aromatic nitrogens is 1. The number of carbonyl (C=O) groups excluding carboxylic acids is 1. The molecule has 0 aliphatic heterocycles. The maximum Gasteiger partial charge on any atom is 0.417 e. The van der Waals surface area contributed by atoms with Crippen LogP contribution in [0.5, 0.6) is 5.75 Å². The maximum atomic E-state index is 14.5. The summed E-state index contributed by atoms with van der Waals surface area (Å²) in [6.45, 7) is 4.43. The van der Waals surface area contributed by atoms with E-state index in [0.717, 1.165) is 31.4 Å². The molecule has 3 aromatic rings. The molecule has 4 nitrogen and oxygen atoms in total. The van der Waals surface area contributed by atoms with Gasteiger partial charge in [-0.1, -0.05) is 52.3 Å². The van der Waals surface area contributed by atoms with E-state index in [2.05, 4.69) is 11.3 Å². The zero-order valence-corrected chi connectivity index (χ0v) is 25.6. The lowest BCUT2D eigenvalue weighted by atomic mass is 9.97. The van der Waals surface area contributed by atoms with E-state index in [1.54, 1.807) is 10.6 Å². The highest BCUT2D eigenvalue weighted by Crippen LogP contribution is 2.46. The molecule has 1 heterocycles. The molecule has 0 saturated carbocycles. The van der Waals surface area contributed by atoms with Gasteiger partial charge in [-0.15, -0.1) is 0 Å². The average Bonchev–Trinajstić information content (AvgIpc) is 3.34. The van der Waals surface area contributed by atoms with Gasteiger partial charge < -0.3 is 14.0 Å². The molecule has 46 heavy (non-hydrogen) atoms. The summed E-state index contributed by atoms with van der Waals surface area (Å²) in [6.07, 6.45) is -0.776. The van der Waals surface area contributed by atoms with Gasteiger partial charge >= 0.3 is 29.9 Å². The lowest BCUT2D eigenvalue weighted by Gasteiger charge is -2.32. The standard InChI is InChI=1S/C33H36F9NO3/c1-5-7-8-9-22-10-13-25(26(16-22)32(38,39)40)28-17-23-11-12-24(18-27(23)43(28)15-14-21(3)4)45-19-30(34,35)33(41,42)31(36,37)20-46-29(44)6-2/h6,10-13,16-18,21H,2,5,7-9,14-15,19-20H2,1,3-4H3. The van der Waals surface area contributed by atoms with Crippen molar-refractivity contribution in [2.75, 3.05) is 13.2 Å². The van der Waals surface area contributed by atoms with Crippen molar-refractivity contribution in [3.05, 3.63) is 66.2 Å². The van der Waals surface area contributed by atoms with E-state index in [4.69, 9.17) is 4.74 Å². The molecule has 0 radical (unpaired) electrons. The van der Waals surface area contributed by atoms with Crippen LogP contribution >= 0.6 is 0 Å². The third kappa shape index (κ3) is 8.38. The molecule has 254 valence electrons. The van der Waals surface area contributed by atoms with Crippen molar-refractivity contribution in [3.8, 4) is 17.0 Å². The molecule has 0 saturated heterocycles. The Bertz CT molecular complexity index is 1510. The van der Waals surface area contributed by atoms with Gasteiger partial charge in [-0.05, 0) is 55.0 Å². The summed E-state index contributed by atoms with van der Waals surface area (Å²) >= 11 is 0. The number of nitrogens with zero attached hydrogens (tertiary/aromatic N) is 1. The fourth-order valence-corrected chi connectivity index (χ4v) is 4.80. The molecule has 0 unspecified atom stereocenters. The summed E-state index contributed by atoms with van der Waals surface area (Å²) in [4.78, 5) is 11.0. The molecule has 0 aliphatic carbocycles. The molecule has 1 aromatic heterocycles. The van der Waals surface area contributed by atoms with Crippen molar-refractivity contribution < 1.29 is 53.8 Å². The van der Waals surface area contributed by atoms with Gasteiger partial charge in [-0.3, -0.25) is 0 Å². The number of ether oxygens (including phenoxy) is 2. The molecule has 2 aromatic carbocycles. The van der Waals surface area contributed by atoms with Gasteiger partial charge in [0.25, 0.3) is 0 Å². The van der Waals surface area contributed by atoms with Crippen LogP contribution in [0, 0.1) is 5.92 Å². The van der Waals surface area contributed by atoms with Gasteiger partial charge in [-0.2, -0.15) is 39.5 Å². The highest BCUT2D eigenvalue weighted by atomic mass is 19.4. The molecule has 0 N–H and O–H groups in total. The second-order valence-electron chi connectivity index (χ2n) is 11.5. The predicted molar refractivity (Wildman–Crippen MR) is 157 cm³/mol. The maximum absolute atomic E-state index is 14.5. The van der Waals surface area contributed by atoms with E-state index < -0.39 is 54.4 Å². The summed E-state index contributed by atoms with van der Waals surface area (Å²) in [5, 5.41) is 0.416. The second kappa shape index (κ2) is 14.4. The first kappa shape index (κ1) is 36.8. The molecular weight excluding hydrogens is 629 g/mol. The van der Waals surface area contributed by atoms with Gasteiger partial charge in [0.2, 0.25) is 0 Å². The molecule has 3 rings (SSSR count). The number of halogens is 9. The van der Waals surface area contributed by atoms with Gasteiger partial charge in [-0.25, -0.2) is 4.79 Å². The molecule has 0 atom stereocenters. The Morgan fingerprint density at radius 1 is 0.913 bits per heavy atom. The summed E-state index contributed by atoms with van der Waals surface area (Å²) in [6, 6.07) is 9.33. The predicted octanol–water partition coefficient (Wildman–Crippen LogP) is 10.1. The molecule has 0 bridgehead atoms. The van der Waals surface area contributed by atoms with Crippen LogP contribution in [0.3, 0.4) is 0 Å². The number of benzene rings is 2. The van der Waals surface area contributed by atoms with Gasteiger partial charge in [0.15, 0.2) is 13.2 Å². The number of rotatable bonds is 16. The lowest BCUT2D eigenvalue weighted by Crippen LogP contribution is -2.58. The molecule has 0 amide bonds. The zero-order valence-electron chi connectivity index (χ0n) is 25.6. The third-order valence-corrected chi connectivity index (χ3v) is 7.44. The van der Waals surface area contributed by atoms with Crippen LogP contribution in [0.15, 0.2) is 55.1 Å². The smallest absolute Gasteiger partial charge is 0.417 e. The van der Waals surface area contributed by atoms with Crippen LogP contribution < -0.4 is 4.74 Å². The van der Waals surface area contributed by atoms with Crippen molar-refractivity contribution in [1.82, 2.24) is 4.57 Å². The number of alkyl halides is 9. The highest BCUT2D eigenvalue weighted by molar-refractivity contribution is 5.89. The van der Waals surface area contributed by atoms with E-state index in [-0.39, 0.29) is 29.2 Å². The van der Waals surface area contributed by atoms with Crippen molar-refractivity contribution in [2.24, 2.45) is 5.92 Å². The first-order valence-electron chi connectivity index (χ1n) is 14.7. The number of hydrogen-bond acceptors (Lipinski definition) is 3. The fourth-order valence-electron chi connectivity index (χ4n) is 4.80. The normalized spacial score (nSPS) is 13.0. The van der Waals surface area contributed by atoms with Gasteiger partial charge in [0.05, 0.1) is 11.1 Å². The Hall–Kier alpha value is -3.64. The molecular formula is C33H36F9NO3. The highest BCUT2D eigenvalue weighted by Gasteiger charge is 2.72. The van der Waals surface area contributed by atoms with E-state index in [0.29, 0.717) is 29.9 Å². The van der Waals surface area contributed by atoms with Crippen LogP contribution in [0.2, 0.25) is 0 Å². The molecule has 0 spiro atoms. The largest absolute Gasteiger partial charge is 0.487 e. The van der Waals surface area contributed by atoms with Crippen molar-refractivity contribution >= 4 is 16.9 Å². The van der Waals surface area contributed by atoms with E-state index >= 15 is 0 Å². The van der Waals surface area contributed by atoms with Crippen molar-refractivity contribution in [2.45, 2.75) is 83.4 Å². The Kier molecular flexibility index (Phi) is 11.5. The average molecular weight is 666 g/mol. The van der Waals surface area contributed by atoms with Crippen molar-refractivity contribution in [3.63, 3.8) is 0 Å². The zero-order chi connectivity index (χ0) is 34.5. The van der Waals surface area contributed by atoms with Crippen LogP contribution in [-0.2, 0) is 28.7 Å². The lowest BCUT2D eigenvalue weighted by molar-refractivity contribution is -0.322. The summed E-state index contributed by atoms with van der Waals surface area (Å²) < 4.78 is 139. The van der Waals surface area contributed by atoms with Crippen molar-refractivity contribution in [1.29, 1.82) is 0 Å². The topological polar surface area (TPSA) is 40.5 Å². The Balaban J connectivity index is 2.00. The number of esters is 1. The van der Waals surface area contributed by atoms with E-state index in [1.165, 1.54) is 24.3 Å². The number of fused-ring (bicyclic) bond motifs is 1. The Morgan fingerprint density at radius 3 is 2.20 bits per heavy atom. The first-order valence-corrected chi connectivity index (χ1v) is 14.7. The van der Waals surface area contributed by atoms with Crippen LogP contribution in [0.1, 0.15) is 57.6 Å². The first-order chi connectivity index (χ1) is 21.3. The van der Waals surface area contributed by atoms with Crippen LogP contribution in [0.4, 0.5) is 39.5 Å². The Morgan fingerprint density at radius 2 is 1.59 bits per heavy atom. The van der Waals surface area contributed by atoms with Crippen LogP contribution in [0.25, 0.3) is 22.2 Å². The van der Waals surface area contributed by atoms with Crippen LogP contribution in [-0.4, -0.2) is 41.5 Å².